The summed E-state index contributed by atoms with van der Waals surface area (Å²) in [5.41, 5.74) is 1.39. The third-order valence-corrected chi connectivity index (χ3v) is 11.5. The van der Waals surface area contributed by atoms with Gasteiger partial charge in [0, 0.05) is 12.0 Å². The molecule has 5 aliphatic rings. The minimum Gasteiger partial charge on any atom is -0.481 e. The molecule has 0 aromatic carbocycles. The molecule has 0 spiro atoms. The number of nitrogens with zero attached hydrogens (tertiary/aromatic N) is 1. The Morgan fingerprint density at radius 1 is 1.08 bits per heavy atom. The summed E-state index contributed by atoms with van der Waals surface area (Å²) in [6.45, 7) is 5.12. The van der Waals surface area contributed by atoms with Gasteiger partial charge in [0.15, 0.2) is 6.61 Å². The van der Waals surface area contributed by atoms with Gasteiger partial charge in [0.1, 0.15) is 5.60 Å². The molecule has 0 heterocycles. The van der Waals surface area contributed by atoms with Crippen LogP contribution in [0, 0.1) is 52.8 Å². The maximum absolute atomic E-state index is 12.3. The van der Waals surface area contributed by atoms with Gasteiger partial charge in [0.25, 0.3) is 5.91 Å². The third-order valence-electron chi connectivity index (χ3n) is 11.5. The molecule has 5 aliphatic carbocycles. The molecule has 7 nitrogen and oxygen atoms in total. The standard InChI is InChI=1S/C31H44N2O5/c1-4-31(37)16-13-26-24-10-9-22-17-23(11-14-29(22,2)25(24)12-15-30(26,31)3)33-38-19-27(34)32-18-20-5-7-21(8-6-20)28(35)36/h1,17,20-21,24-26,37H,5-16,18-19H2,2-3H3,(H,32,34)(H,35,36)/b33-23-/t20?,21?,24?,25?,26?,29-,30-,31+/m0/s1. The number of hydrogen-bond acceptors (Lipinski definition) is 5. The summed E-state index contributed by atoms with van der Waals surface area (Å²) in [4.78, 5) is 28.8. The van der Waals surface area contributed by atoms with Gasteiger partial charge in [-0.3, -0.25) is 9.59 Å². The minimum atomic E-state index is -0.963. The number of terminal acetylenes is 1. The van der Waals surface area contributed by atoms with Crippen LogP contribution in [0.2, 0.25) is 0 Å². The topological polar surface area (TPSA) is 108 Å². The molecular formula is C31H44N2O5. The average Bonchev–Trinajstić information content (AvgIpc) is 3.18. The van der Waals surface area contributed by atoms with E-state index in [4.69, 9.17) is 16.4 Å². The van der Waals surface area contributed by atoms with Crippen LogP contribution in [-0.4, -0.2) is 46.6 Å². The molecule has 0 aromatic heterocycles. The fourth-order valence-corrected chi connectivity index (χ4v) is 8.99. The first-order valence-electron chi connectivity index (χ1n) is 14.7. The lowest BCUT2D eigenvalue weighted by Crippen LogP contribution is -2.54. The van der Waals surface area contributed by atoms with Crippen LogP contribution in [0.25, 0.3) is 0 Å². The summed E-state index contributed by atoms with van der Waals surface area (Å²) in [5.74, 6) is 3.68. The smallest absolute Gasteiger partial charge is 0.306 e. The van der Waals surface area contributed by atoms with Crippen LogP contribution in [0.1, 0.15) is 90.9 Å². The van der Waals surface area contributed by atoms with Crippen molar-refractivity contribution in [3.8, 4) is 12.3 Å². The van der Waals surface area contributed by atoms with Crippen molar-refractivity contribution in [2.24, 2.45) is 45.6 Å². The normalized spacial score (nSPS) is 43.2. The maximum Gasteiger partial charge on any atom is 0.306 e. The summed E-state index contributed by atoms with van der Waals surface area (Å²) in [5, 5.41) is 27.6. The number of rotatable bonds is 6. The van der Waals surface area contributed by atoms with Gasteiger partial charge in [0.2, 0.25) is 0 Å². The zero-order chi connectivity index (χ0) is 27.1. The van der Waals surface area contributed by atoms with Crippen LogP contribution in [0.3, 0.4) is 0 Å². The molecule has 0 aliphatic heterocycles. The predicted octanol–water partition coefficient (Wildman–Crippen LogP) is 4.69. The molecule has 0 aromatic rings. The zero-order valence-electron chi connectivity index (χ0n) is 23.0. The van der Waals surface area contributed by atoms with Gasteiger partial charge in [-0.05, 0) is 112 Å². The summed E-state index contributed by atoms with van der Waals surface area (Å²) in [6.07, 6.45) is 19.0. The Kier molecular flexibility index (Phi) is 7.41. The molecule has 6 atom stereocenters. The molecule has 1 amide bonds. The number of aliphatic hydroxyl groups is 1. The van der Waals surface area contributed by atoms with E-state index in [2.05, 4.69) is 36.3 Å². The van der Waals surface area contributed by atoms with Crippen molar-refractivity contribution in [1.29, 1.82) is 0 Å². The predicted molar refractivity (Wildman–Crippen MR) is 145 cm³/mol. The van der Waals surface area contributed by atoms with E-state index in [0.29, 0.717) is 43.1 Å². The first-order valence-corrected chi connectivity index (χ1v) is 14.7. The number of allylic oxidation sites excluding steroid dienone is 2. The van der Waals surface area contributed by atoms with E-state index in [1.165, 1.54) is 5.57 Å². The number of hydrogen-bond donors (Lipinski definition) is 3. The van der Waals surface area contributed by atoms with Crippen molar-refractivity contribution in [2.45, 2.75) is 96.5 Å². The number of nitrogens with one attached hydrogen (secondary N) is 1. The summed E-state index contributed by atoms with van der Waals surface area (Å²) < 4.78 is 0. The summed E-state index contributed by atoms with van der Waals surface area (Å²) in [6, 6.07) is 0. The van der Waals surface area contributed by atoms with Crippen molar-refractivity contribution < 1.29 is 24.6 Å². The van der Waals surface area contributed by atoms with E-state index in [1.807, 2.05) is 0 Å². The van der Waals surface area contributed by atoms with Crippen LogP contribution in [0.15, 0.2) is 16.8 Å². The fraction of sp³-hybridized carbons (Fsp3) is 0.774. The van der Waals surface area contributed by atoms with Gasteiger partial charge in [-0.1, -0.05) is 30.5 Å². The second-order valence-electron chi connectivity index (χ2n) is 13.2. The molecule has 38 heavy (non-hydrogen) atoms. The molecule has 5 rings (SSSR count). The van der Waals surface area contributed by atoms with Crippen LogP contribution in [0.4, 0.5) is 0 Å². The number of amides is 1. The Hall–Kier alpha value is -2.33. The fourth-order valence-electron chi connectivity index (χ4n) is 8.99. The number of carbonyl (C=O) groups excluding carboxylic acids is 1. The molecule has 0 saturated heterocycles. The SMILES string of the molecule is C#C[C@@]1(O)CCC2C3CCC4=C/C(=N\OCC(=O)NCC5CCC(C(=O)O)CC5)CC[C@]4(C)C3CC[C@@]21C. The Morgan fingerprint density at radius 3 is 2.53 bits per heavy atom. The second-order valence-corrected chi connectivity index (χ2v) is 13.2. The van der Waals surface area contributed by atoms with Crippen molar-refractivity contribution in [3.05, 3.63) is 11.6 Å². The summed E-state index contributed by atoms with van der Waals surface area (Å²) >= 11 is 0. The zero-order valence-corrected chi connectivity index (χ0v) is 23.0. The molecular weight excluding hydrogens is 480 g/mol. The van der Waals surface area contributed by atoms with E-state index in [1.54, 1.807) is 0 Å². The highest BCUT2D eigenvalue weighted by molar-refractivity contribution is 5.96. The Balaban J connectivity index is 1.13. The highest BCUT2D eigenvalue weighted by Crippen LogP contribution is 2.67. The number of oxime groups is 1. The molecule has 0 radical (unpaired) electrons. The number of carboxylic acids is 1. The highest BCUT2D eigenvalue weighted by Gasteiger charge is 2.63. The largest absolute Gasteiger partial charge is 0.481 e. The first-order chi connectivity index (χ1) is 18.1. The van der Waals surface area contributed by atoms with E-state index in [0.717, 1.165) is 69.9 Å². The molecule has 3 N–H and O–H groups in total. The van der Waals surface area contributed by atoms with Gasteiger partial charge in [-0.25, -0.2) is 0 Å². The average molecular weight is 525 g/mol. The quantitative estimate of drug-likeness (QED) is 0.345. The van der Waals surface area contributed by atoms with Crippen LogP contribution in [0.5, 0.6) is 0 Å². The number of aliphatic carboxylic acids is 1. The summed E-state index contributed by atoms with van der Waals surface area (Å²) in [7, 11) is 0. The maximum atomic E-state index is 12.3. The van der Waals surface area contributed by atoms with Gasteiger partial charge in [-0.2, -0.15) is 0 Å². The molecule has 208 valence electrons. The number of carboxylic acid groups (broad SMARTS) is 1. The van der Waals surface area contributed by atoms with Crippen LogP contribution >= 0.6 is 0 Å². The van der Waals surface area contributed by atoms with Gasteiger partial charge >= 0.3 is 5.97 Å². The second kappa shape index (κ2) is 10.3. The molecule has 7 heteroatoms. The number of fused-ring (bicyclic) bond motifs is 5. The van der Waals surface area contributed by atoms with Crippen LogP contribution < -0.4 is 5.32 Å². The monoisotopic (exact) mass is 524 g/mol. The van der Waals surface area contributed by atoms with Crippen molar-refractivity contribution in [3.63, 3.8) is 0 Å². The lowest BCUT2D eigenvalue weighted by Gasteiger charge is -2.58. The van der Waals surface area contributed by atoms with E-state index < -0.39 is 11.6 Å². The highest BCUT2D eigenvalue weighted by atomic mass is 16.6. The van der Waals surface area contributed by atoms with E-state index in [-0.39, 0.29) is 29.3 Å². The van der Waals surface area contributed by atoms with Crippen molar-refractivity contribution >= 4 is 17.6 Å². The van der Waals surface area contributed by atoms with E-state index in [9.17, 15) is 14.7 Å². The van der Waals surface area contributed by atoms with Gasteiger partial charge < -0.3 is 20.4 Å². The lowest BCUT2D eigenvalue weighted by molar-refractivity contribution is -0.143. The first kappa shape index (κ1) is 27.2. The van der Waals surface area contributed by atoms with Crippen molar-refractivity contribution in [2.75, 3.05) is 13.2 Å². The Bertz CT molecular complexity index is 1050. The van der Waals surface area contributed by atoms with Crippen LogP contribution in [-0.2, 0) is 14.4 Å². The molecule has 4 fully saturated rings. The molecule has 4 saturated carbocycles. The Labute approximate surface area is 226 Å². The molecule has 3 unspecified atom stereocenters. The van der Waals surface area contributed by atoms with Gasteiger partial charge in [-0.15, -0.1) is 6.42 Å². The van der Waals surface area contributed by atoms with Crippen molar-refractivity contribution in [1.82, 2.24) is 5.32 Å². The third kappa shape index (κ3) is 4.68. The minimum absolute atomic E-state index is 0.0997. The van der Waals surface area contributed by atoms with E-state index >= 15 is 0 Å². The lowest BCUT2D eigenvalue weighted by atomic mass is 9.46. The number of carbonyl (C=O) groups is 2. The van der Waals surface area contributed by atoms with Gasteiger partial charge in [0.05, 0.1) is 11.6 Å². The molecule has 0 bridgehead atoms. The Morgan fingerprint density at radius 2 is 1.82 bits per heavy atom.